The lowest BCUT2D eigenvalue weighted by atomic mass is 10.3. The number of benzene rings is 1. The lowest BCUT2D eigenvalue weighted by molar-refractivity contribution is 0.212. The molecule has 0 aliphatic heterocycles. The van der Waals surface area contributed by atoms with Crippen LogP contribution >= 0.6 is 34.3 Å². The second-order valence-electron chi connectivity index (χ2n) is 5.45. The van der Waals surface area contributed by atoms with Crippen LogP contribution < -0.4 is 10.1 Å². The van der Waals surface area contributed by atoms with Crippen molar-refractivity contribution in [1.29, 1.82) is 0 Å². The van der Waals surface area contributed by atoms with Crippen LogP contribution in [0.4, 0.5) is 10.5 Å². The predicted molar refractivity (Wildman–Crippen MR) is 107 cm³/mol. The first-order chi connectivity index (χ1) is 12.6. The summed E-state index contributed by atoms with van der Waals surface area (Å²) in [4.78, 5) is 19.5. The average molecular weight is 408 g/mol. The van der Waals surface area contributed by atoms with Gasteiger partial charge in [0.1, 0.15) is 12.4 Å². The highest BCUT2D eigenvalue weighted by Gasteiger charge is 2.14. The van der Waals surface area contributed by atoms with Crippen molar-refractivity contribution in [2.45, 2.75) is 20.1 Å². The summed E-state index contributed by atoms with van der Waals surface area (Å²) in [5.74, 6) is 0.684. The molecule has 0 atom stereocenters. The Morgan fingerprint density at radius 1 is 1.35 bits per heavy atom. The number of ether oxygens (including phenoxy) is 1. The van der Waals surface area contributed by atoms with E-state index in [1.54, 1.807) is 16.5 Å². The number of thiazole rings is 1. The number of urea groups is 1. The molecule has 26 heavy (non-hydrogen) atoms. The van der Waals surface area contributed by atoms with E-state index >= 15 is 0 Å². The molecule has 0 fully saturated rings. The molecule has 1 aromatic carbocycles. The normalized spacial score (nSPS) is 10.5. The summed E-state index contributed by atoms with van der Waals surface area (Å²) in [6.45, 7) is 3.48. The number of hydrogen-bond acceptors (Lipinski definition) is 5. The van der Waals surface area contributed by atoms with Gasteiger partial charge in [-0.05, 0) is 31.2 Å². The molecule has 2 amide bonds. The lowest BCUT2D eigenvalue weighted by Crippen LogP contribution is -2.34. The number of aromatic nitrogens is 1. The van der Waals surface area contributed by atoms with Gasteiger partial charge in [-0.1, -0.05) is 17.7 Å². The summed E-state index contributed by atoms with van der Waals surface area (Å²) in [7, 11) is 0. The first kappa shape index (κ1) is 18.7. The van der Waals surface area contributed by atoms with Gasteiger partial charge in [-0.25, -0.2) is 9.78 Å². The van der Waals surface area contributed by atoms with Gasteiger partial charge in [-0.15, -0.1) is 22.7 Å². The number of carbonyl (C=O) groups is 1. The van der Waals surface area contributed by atoms with Crippen LogP contribution in [-0.2, 0) is 13.2 Å². The Morgan fingerprint density at radius 3 is 2.92 bits per heavy atom. The molecule has 0 saturated carbocycles. The zero-order chi connectivity index (χ0) is 18.4. The molecule has 136 valence electrons. The molecule has 2 aromatic heterocycles. The number of nitrogens with zero attached hydrogens (tertiary/aromatic N) is 2. The van der Waals surface area contributed by atoms with Crippen LogP contribution in [0.5, 0.6) is 5.75 Å². The number of amides is 2. The number of nitrogens with one attached hydrogen (secondary N) is 1. The number of carbonyl (C=O) groups excluding carboxylic acids is 1. The molecule has 0 saturated heterocycles. The van der Waals surface area contributed by atoms with E-state index in [4.69, 9.17) is 16.3 Å². The van der Waals surface area contributed by atoms with E-state index in [2.05, 4.69) is 10.3 Å². The van der Waals surface area contributed by atoms with E-state index in [1.807, 2.05) is 42.6 Å². The number of halogens is 1. The summed E-state index contributed by atoms with van der Waals surface area (Å²) in [6.07, 6.45) is 0. The standard InChI is InChI=1S/C18H18ClN3O2S2/c1-2-22(9-16-6-7-17(19)26-16)18(23)21-13-4-3-5-15(8-13)24-10-14-11-25-12-20-14/h3-8,11-12H,2,9-10H2,1H3,(H,21,23). The maximum absolute atomic E-state index is 12.5. The second kappa shape index (κ2) is 9.02. The number of rotatable bonds is 7. The van der Waals surface area contributed by atoms with Crippen LogP contribution in [0.15, 0.2) is 47.3 Å². The van der Waals surface area contributed by atoms with Gasteiger partial charge in [0.25, 0.3) is 0 Å². The Balaban J connectivity index is 1.59. The van der Waals surface area contributed by atoms with E-state index in [0.717, 1.165) is 14.9 Å². The molecule has 3 aromatic rings. The Bertz CT molecular complexity index is 852. The van der Waals surface area contributed by atoms with Gasteiger partial charge in [0, 0.05) is 28.6 Å². The van der Waals surface area contributed by atoms with Crippen molar-refractivity contribution in [3.05, 3.63) is 62.2 Å². The van der Waals surface area contributed by atoms with Crippen LogP contribution in [0, 0.1) is 0 Å². The Hall–Kier alpha value is -2.09. The van der Waals surface area contributed by atoms with E-state index in [0.29, 0.717) is 31.1 Å². The van der Waals surface area contributed by atoms with Crippen molar-refractivity contribution < 1.29 is 9.53 Å². The zero-order valence-corrected chi connectivity index (χ0v) is 16.5. The van der Waals surface area contributed by atoms with Gasteiger partial charge in [0.2, 0.25) is 0 Å². The minimum Gasteiger partial charge on any atom is -0.487 e. The first-order valence-corrected chi connectivity index (χ1v) is 10.2. The average Bonchev–Trinajstić information content (AvgIpc) is 3.29. The number of anilines is 1. The molecule has 1 N–H and O–H groups in total. The number of thiophene rings is 1. The van der Waals surface area contributed by atoms with E-state index in [-0.39, 0.29) is 6.03 Å². The Labute approximate surface area is 165 Å². The van der Waals surface area contributed by atoms with Gasteiger partial charge in [0.05, 0.1) is 22.1 Å². The van der Waals surface area contributed by atoms with E-state index < -0.39 is 0 Å². The van der Waals surface area contributed by atoms with Gasteiger partial charge in [-0.2, -0.15) is 0 Å². The minimum atomic E-state index is -0.159. The van der Waals surface area contributed by atoms with Crippen LogP contribution in [0.2, 0.25) is 4.34 Å². The first-order valence-electron chi connectivity index (χ1n) is 8.04. The van der Waals surface area contributed by atoms with Crippen molar-refractivity contribution >= 4 is 46.0 Å². The second-order valence-corrected chi connectivity index (χ2v) is 7.96. The maximum atomic E-state index is 12.5. The van der Waals surface area contributed by atoms with Gasteiger partial charge >= 0.3 is 6.03 Å². The van der Waals surface area contributed by atoms with Crippen molar-refractivity contribution in [2.24, 2.45) is 0 Å². The van der Waals surface area contributed by atoms with Crippen LogP contribution in [0.1, 0.15) is 17.5 Å². The predicted octanol–water partition coefficient (Wildman–Crippen LogP) is 5.49. The molecule has 8 heteroatoms. The van der Waals surface area contributed by atoms with Crippen LogP contribution in [0.25, 0.3) is 0 Å². The molecule has 2 heterocycles. The fourth-order valence-electron chi connectivity index (χ4n) is 2.28. The molecule has 0 bridgehead atoms. The quantitative estimate of drug-likeness (QED) is 0.563. The van der Waals surface area contributed by atoms with Crippen LogP contribution in [-0.4, -0.2) is 22.5 Å². The van der Waals surface area contributed by atoms with Crippen molar-refractivity contribution in [3.63, 3.8) is 0 Å². The third-order valence-corrected chi connectivity index (χ3v) is 5.45. The monoisotopic (exact) mass is 407 g/mol. The molecule has 5 nitrogen and oxygen atoms in total. The Kier molecular flexibility index (Phi) is 6.49. The summed E-state index contributed by atoms with van der Waals surface area (Å²) in [6, 6.07) is 11.0. The van der Waals surface area contributed by atoms with Crippen LogP contribution in [0.3, 0.4) is 0 Å². The topological polar surface area (TPSA) is 54.5 Å². The highest BCUT2D eigenvalue weighted by Crippen LogP contribution is 2.23. The van der Waals surface area contributed by atoms with Crippen molar-refractivity contribution in [2.75, 3.05) is 11.9 Å². The molecule has 0 aliphatic rings. The van der Waals surface area contributed by atoms with E-state index in [1.165, 1.54) is 22.7 Å². The summed E-state index contributed by atoms with van der Waals surface area (Å²) in [5.41, 5.74) is 3.35. The third-order valence-electron chi connectivity index (χ3n) is 3.60. The molecule has 0 unspecified atom stereocenters. The highest BCUT2D eigenvalue weighted by molar-refractivity contribution is 7.16. The SMILES string of the molecule is CCN(Cc1ccc(Cl)s1)C(=O)Nc1cccc(OCc2cscn2)c1. The van der Waals surface area contributed by atoms with Gasteiger partial charge < -0.3 is 15.0 Å². The largest absolute Gasteiger partial charge is 0.487 e. The molecule has 3 rings (SSSR count). The third kappa shape index (κ3) is 5.20. The van der Waals surface area contributed by atoms with E-state index in [9.17, 15) is 4.79 Å². The molecular formula is C18H18ClN3O2S2. The van der Waals surface area contributed by atoms with Gasteiger partial charge in [-0.3, -0.25) is 0 Å². The molecule has 0 radical (unpaired) electrons. The Morgan fingerprint density at radius 2 is 2.23 bits per heavy atom. The highest BCUT2D eigenvalue weighted by atomic mass is 35.5. The molecule has 0 aliphatic carbocycles. The fourth-order valence-corrected chi connectivity index (χ4v) is 3.93. The zero-order valence-electron chi connectivity index (χ0n) is 14.1. The lowest BCUT2D eigenvalue weighted by Gasteiger charge is -2.21. The minimum absolute atomic E-state index is 0.159. The molecular weight excluding hydrogens is 390 g/mol. The van der Waals surface area contributed by atoms with Crippen molar-refractivity contribution in [3.8, 4) is 5.75 Å². The molecule has 0 spiro atoms. The maximum Gasteiger partial charge on any atom is 0.322 e. The van der Waals surface area contributed by atoms with Gasteiger partial charge in [0.15, 0.2) is 0 Å². The smallest absolute Gasteiger partial charge is 0.322 e. The number of hydrogen-bond donors (Lipinski definition) is 1. The summed E-state index contributed by atoms with van der Waals surface area (Å²) >= 11 is 8.98. The summed E-state index contributed by atoms with van der Waals surface area (Å²) < 4.78 is 6.45. The van der Waals surface area contributed by atoms with Crippen molar-refractivity contribution in [1.82, 2.24) is 9.88 Å². The fraction of sp³-hybridized carbons (Fsp3) is 0.222. The summed E-state index contributed by atoms with van der Waals surface area (Å²) in [5, 5.41) is 4.86.